The van der Waals surface area contributed by atoms with Gasteiger partial charge in [-0.2, -0.15) is 5.10 Å². The molecule has 2 aromatic heterocycles. The first kappa shape index (κ1) is 24.7. The van der Waals surface area contributed by atoms with Gasteiger partial charge in [0.15, 0.2) is 5.84 Å². The summed E-state index contributed by atoms with van der Waals surface area (Å²) in [5, 5.41) is 20.1. The third-order valence-corrected chi connectivity index (χ3v) is 6.89. The Hall–Kier alpha value is -3.37. The summed E-state index contributed by atoms with van der Waals surface area (Å²) in [6.07, 6.45) is 5.19. The van der Waals surface area contributed by atoms with Gasteiger partial charge >= 0.3 is 6.09 Å². The van der Waals surface area contributed by atoms with Gasteiger partial charge in [-0.25, -0.2) is 9.31 Å². The fourth-order valence-electron chi connectivity index (χ4n) is 5.05. The van der Waals surface area contributed by atoms with Crippen LogP contribution in [0.2, 0.25) is 0 Å². The molecule has 11 nitrogen and oxygen atoms in total. The summed E-state index contributed by atoms with van der Waals surface area (Å²) in [5.74, 6) is -0.128. The van der Waals surface area contributed by atoms with Crippen LogP contribution in [0.5, 0.6) is 0 Å². The molecule has 11 heteroatoms. The molecule has 1 aliphatic carbocycles. The van der Waals surface area contributed by atoms with Crippen molar-refractivity contribution in [3.05, 3.63) is 33.9 Å². The van der Waals surface area contributed by atoms with E-state index in [4.69, 9.17) is 4.74 Å². The maximum absolute atomic E-state index is 12.8. The van der Waals surface area contributed by atoms with E-state index < -0.39 is 5.60 Å². The summed E-state index contributed by atoms with van der Waals surface area (Å²) in [6, 6.07) is 1.51. The molecular formula is C24H34N6O5. The van der Waals surface area contributed by atoms with Gasteiger partial charge in [0.05, 0.1) is 17.5 Å². The van der Waals surface area contributed by atoms with Crippen molar-refractivity contribution >= 4 is 23.5 Å². The molecule has 0 radical (unpaired) electrons. The van der Waals surface area contributed by atoms with Crippen molar-refractivity contribution in [2.45, 2.75) is 71.3 Å². The van der Waals surface area contributed by atoms with Crippen LogP contribution in [0, 0.1) is 11.8 Å². The molecule has 4 rings (SSSR count). The van der Waals surface area contributed by atoms with Gasteiger partial charge in [-0.1, -0.05) is 18.5 Å². The average molecular weight is 487 g/mol. The summed E-state index contributed by atoms with van der Waals surface area (Å²) in [6.45, 7) is 8.55. The number of hydrogen-bond acceptors (Lipinski definition) is 7. The quantitative estimate of drug-likeness (QED) is 0.264. The highest BCUT2D eigenvalue weighted by atomic mass is 16.6. The molecule has 3 heterocycles. The normalized spacial score (nSPS) is 21.9. The van der Waals surface area contributed by atoms with Gasteiger partial charge in [-0.3, -0.25) is 9.59 Å². The Morgan fingerprint density at radius 1 is 1.23 bits per heavy atom. The molecule has 2 unspecified atom stereocenters. The topological polar surface area (TPSA) is 141 Å². The van der Waals surface area contributed by atoms with Gasteiger partial charge in [-0.05, 0) is 52.4 Å². The maximum atomic E-state index is 12.8. The Bertz CT molecular complexity index is 1190. The van der Waals surface area contributed by atoms with Crippen molar-refractivity contribution in [1.29, 1.82) is 0 Å². The molecule has 2 aliphatic rings. The number of carbonyl (C=O) groups is 2. The van der Waals surface area contributed by atoms with E-state index in [1.807, 2.05) is 27.7 Å². The Morgan fingerprint density at radius 3 is 2.54 bits per heavy atom. The zero-order chi connectivity index (χ0) is 25.3. The van der Waals surface area contributed by atoms with Gasteiger partial charge in [0, 0.05) is 31.0 Å². The van der Waals surface area contributed by atoms with E-state index in [9.17, 15) is 19.6 Å². The number of amides is 2. The van der Waals surface area contributed by atoms with E-state index >= 15 is 0 Å². The first-order chi connectivity index (χ1) is 16.6. The van der Waals surface area contributed by atoms with Crippen LogP contribution in [-0.2, 0) is 9.53 Å². The van der Waals surface area contributed by atoms with Crippen molar-refractivity contribution in [2.75, 3.05) is 13.1 Å². The lowest BCUT2D eigenvalue weighted by Crippen LogP contribution is -2.41. The molecule has 1 aliphatic heterocycles. The maximum Gasteiger partial charge on any atom is 0.410 e. The molecule has 190 valence electrons. The van der Waals surface area contributed by atoms with Crippen LogP contribution in [-0.4, -0.2) is 61.2 Å². The van der Waals surface area contributed by atoms with Crippen LogP contribution in [0.15, 0.2) is 22.2 Å². The van der Waals surface area contributed by atoms with E-state index in [0.29, 0.717) is 42.8 Å². The Labute approximate surface area is 203 Å². The number of aromatic amines is 1. The van der Waals surface area contributed by atoms with Crippen LogP contribution in [0.4, 0.5) is 4.79 Å². The number of fused-ring (bicyclic) bond motifs is 1. The molecule has 2 fully saturated rings. The third kappa shape index (κ3) is 5.33. The number of amidine groups is 1. The number of rotatable bonds is 3. The lowest BCUT2D eigenvalue weighted by Gasteiger charge is -2.33. The van der Waals surface area contributed by atoms with E-state index in [2.05, 4.69) is 20.6 Å². The number of carbonyl (C=O) groups excluding carboxylic acids is 2. The first-order valence-corrected chi connectivity index (χ1v) is 12.2. The summed E-state index contributed by atoms with van der Waals surface area (Å²) in [4.78, 5) is 42.1. The monoisotopic (exact) mass is 486 g/mol. The fourth-order valence-corrected chi connectivity index (χ4v) is 5.05. The standard InChI is InChI=1S/C24H34N6O5/c1-14-6-5-7-16(14)22(32)27-20(28-34)17-13-25-30-18(12-19(31)26-21(17)30)15-8-10-29(11-9-15)23(33)35-24(2,3)4/h12-16,34H,5-11H2,1-4H3,(H,26,31)(H,27,28,32). The summed E-state index contributed by atoms with van der Waals surface area (Å²) >= 11 is 0. The van der Waals surface area contributed by atoms with Crippen LogP contribution in [0.3, 0.4) is 0 Å². The number of oxime groups is 1. The van der Waals surface area contributed by atoms with Crippen LogP contribution < -0.4 is 10.9 Å². The minimum absolute atomic E-state index is 0.00492. The zero-order valence-electron chi connectivity index (χ0n) is 20.7. The molecule has 1 saturated heterocycles. The lowest BCUT2D eigenvalue weighted by molar-refractivity contribution is -0.124. The molecule has 0 aromatic carbocycles. The minimum Gasteiger partial charge on any atom is -0.444 e. The number of nitrogens with one attached hydrogen (secondary N) is 2. The largest absolute Gasteiger partial charge is 0.444 e. The third-order valence-electron chi connectivity index (χ3n) is 6.89. The molecular weight excluding hydrogens is 452 g/mol. The minimum atomic E-state index is -0.560. The highest BCUT2D eigenvalue weighted by molar-refractivity contribution is 6.11. The summed E-state index contributed by atoms with van der Waals surface area (Å²) < 4.78 is 7.08. The predicted molar refractivity (Wildman–Crippen MR) is 129 cm³/mol. The number of nitrogens with zero attached hydrogens (tertiary/aromatic N) is 4. The molecule has 3 N–H and O–H groups in total. The second kappa shape index (κ2) is 9.71. The molecule has 2 aromatic rings. The van der Waals surface area contributed by atoms with Gasteiger partial charge in [0.25, 0.3) is 5.56 Å². The highest BCUT2D eigenvalue weighted by Gasteiger charge is 2.32. The molecule has 2 amide bonds. The zero-order valence-corrected chi connectivity index (χ0v) is 20.7. The molecule has 0 bridgehead atoms. The second-order valence-electron chi connectivity index (χ2n) is 10.6. The Kier molecular flexibility index (Phi) is 6.86. The summed E-state index contributed by atoms with van der Waals surface area (Å²) in [5.41, 5.74) is 0.491. The smallest absolute Gasteiger partial charge is 0.410 e. The summed E-state index contributed by atoms with van der Waals surface area (Å²) in [7, 11) is 0. The van der Waals surface area contributed by atoms with Crippen molar-refractivity contribution in [2.24, 2.45) is 17.0 Å². The number of ether oxygens (including phenoxy) is 1. The van der Waals surface area contributed by atoms with Crippen LogP contribution in [0.25, 0.3) is 5.65 Å². The Balaban J connectivity index is 1.54. The van der Waals surface area contributed by atoms with Gasteiger partial charge < -0.3 is 25.1 Å². The van der Waals surface area contributed by atoms with Crippen molar-refractivity contribution in [3.8, 4) is 0 Å². The lowest BCUT2D eigenvalue weighted by atomic mass is 9.93. The van der Waals surface area contributed by atoms with Crippen molar-refractivity contribution in [1.82, 2.24) is 24.8 Å². The van der Waals surface area contributed by atoms with Gasteiger partial charge in [0.2, 0.25) is 5.91 Å². The average Bonchev–Trinajstić information content (AvgIpc) is 3.42. The SMILES string of the molecule is CC1CCCC1C(=O)N/C(=N/O)c1cnn2c(C3CCN(C(=O)OC(C)(C)C)CC3)cc(=O)[nH]c12. The van der Waals surface area contributed by atoms with E-state index in [-0.39, 0.29) is 41.1 Å². The van der Waals surface area contributed by atoms with Gasteiger partial charge in [-0.15, -0.1) is 0 Å². The second-order valence-corrected chi connectivity index (χ2v) is 10.6. The number of H-pyrrole nitrogens is 1. The first-order valence-electron chi connectivity index (χ1n) is 12.2. The number of piperidine rings is 1. The molecule has 2 atom stereocenters. The number of hydrogen-bond donors (Lipinski definition) is 3. The molecule has 0 spiro atoms. The van der Waals surface area contributed by atoms with Crippen LogP contribution in [0.1, 0.15) is 77.0 Å². The van der Waals surface area contributed by atoms with Crippen molar-refractivity contribution < 1.29 is 19.5 Å². The molecule has 1 saturated carbocycles. The van der Waals surface area contributed by atoms with E-state index in [1.165, 1.54) is 12.3 Å². The van der Waals surface area contributed by atoms with E-state index in [0.717, 1.165) is 19.3 Å². The Morgan fingerprint density at radius 2 is 1.94 bits per heavy atom. The number of aromatic nitrogens is 3. The van der Waals surface area contributed by atoms with E-state index in [1.54, 1.807) is 9.42 Å². The highest BCUT2D eigenvalue weighted by Crippen LogP contribution is 2.31. The fraction of sp³-hybridized carbons (Fsp3) is 0.625. The van der Waals surface area contributed by atoms with Crippen molar-refractivity contribution in [3.63, 3.8) is 0 Å². The van der Waals surface area contributed by atoms with Gasteiger partial charge in [0.1, 0.15) is 11.2 Å². The molecule has 35 heavy (non-hydrogen) atoms. The number of likely N-dealkylation sites (tertiary alicyclic amines) is 1. The van der Waals surface area contributed by atoms with Crippen LogP contribution >= 0.6 is 0 Å². The predicted octanol–water partition coefficient (Wildman–Crippen LogP) is 2.83.